The van der Waals surface area contributed by atoms with Gasteiger partial charge in [0.25, 0.3) is 5.91 Å². The molecule has 0 atom stereocenters. The molecule has 0 bridgehead atoms. The fourth-order valence-electron chi connectivity index (χ4n) is 2.00. The zero-order chi connectivity index (χ0) is 13.1. The van der Waals surface area contributed by atoms with Crippen LogP contribution >= 0.6 is 0 Å². The van der Waals surface area contributed by atoms with Crippen LogP contribution in [0.4, 0.5) is 8.78 Å². The standard InChI is InChI=1S/C12H14F2N2O2/c13-8-1-2-10(11(14)7-8)12(17)16(18)9-3-5-15-6-4-9/h1-2,7,9,15,18H,3-6H2. The number of piperidine rings is 1. The summed E-state index contributed by atoms with van der Waals surface area (Å²) in [6.07, 6.45) is 1.20. The van der Waals surface area contributed by atoms with Gasteiger partial charge in [0.15, 0.2) is 0 Å². The Hall–Kier alpha value is -1.53. The van der Waals surface area contributed by atoms with E-state index in [1.165, 1.54) is 0 Å². The van der Waals surface area contributed by atoms with E-state index in [4.69, 9.17) is 0 Å². The molecule has 0 aliphatic carbocycles. The maximum Gasteiger partial charge on any atom is 0.280 e. The van der Waals surface area contributed by atoms with Crippen molar-refractivity contribution in [1.29, 1.82) is 0 Å². The molecular weight excluding hydrogens is 242 g/mol. The van der Waals surface area contributed by atoms with Crippen molar-refractivity contribution < 1.29 is 18.8 Å². The lowest BCUT2D eigenvalue weighted by molar-refractivity contribution is -0.0950. The first-order valence-electron chi connectivity index (χ1n) is 5.78. The van der Waals surface area contributed by atoms with E-state index in [9.17, 15) is 18.8 Å². The number of halogens is 2. The highest BCUT2D eigenvalue weighted by molar-refractivity contribution is 5.93. The summed E-state index contributed by atoms with van der Waals surface area (Å²) in [6, 6.07) is 2.33. The Morgan fingerprint density at radius 3 is 2.61 bits per heavy atom. The molecule has 0 unspecified atom stereocenters. The zero-order valence-electron chi connectivity index (χ0n) is 9.70. The second-order valence-corrected chi connectivity index (χ2v) is 4.26. The summed E-state index contributed by atoms with van der Waals surface area (Å²) < 4.78 is 26.1. The zero-order valence-corrected chi connectivity index (χ0v) is 9.70. The van der Waals surface area contributed by atoms with Crippen LogP contribution in [-0.2, 0) is 0 Å². The minimum atomic E-state index is -0.965. The fourth-order valence-corrected chi connectivity index (χ4v) is 2.00. The molecule has 1 aliphatic rings. The Kier molecular flexibility index (Phi) is 3.88. The van der Waals surface area contributed by atoms with E-state index in [2.05, 4.69) is 5.32 Å². The second-order valence-electron chi connectivity index (χ2n) is 4.26. The van der Waals surface area contributed by atoms with E-state index in [1.807, 2.05) is 0 Å². The van der Waals surface area contributed by atoms with Gasteiger partial charge in [-0.1, -0.05) is 0 Å². The van der Waals surface area contributed by atoms with Crippen LogP contribution in [0.15, 0.2) is 18.2 Å². The minimum absolute atomic E-state index is 0.322. The highest BCUT2D eigenvalue weighted by Gasteiger charge is 2.26. The molecule has 2 rings (SSSR count). The van der Waals surface area contributed by atoms with E-state index in [1.54, 1.807) is 0 Å². The predicted octanol–water partition coefficient (Wildman–Crippen LogP) is 1.55. The molecule has 1 fully saturated rings. The van der Waals surface area contributed by atoms with E-state index < -0.39 is 17.5 Å². The van der Waals surface area contributed by atoms with Crippen molar-refractivity contribution in [3.05, 3.63) is 35.4 Å². The third-order valence-electron chi connectivity index (χ3n) is 3.02. The van der Waals surface area contributed by atoms with Crippen molar-refractivity contribution in [3.8, 4) is 0 Å². The SMILES string of the molecule is O=C(c1ccc(F)cc1F)N(O)C1CCNCC1. The Bertz CT molecular complexity index is 448. The number of amides is 1. The molecule has 4 nitrogen and oxygen atoms in total. The topological polar surface area (TPSA) is 52.6 Å². The molecule has 1 aromatic rings. The van der Waals surface area contributed by atoms with Crippen molar-refractivity contribution in [1.82, 2.24) is 10.4 Å². The molecule has 0 radical (unpaired) electrons. The van der Waals surface area contributed by atoms with Gasteiger partial charge in [0.05, 0.1) is 11.6 Å². The smallest absolute Gasteiger partial charge is 0.280 e. The maximum absolute atomic E-state index is 13.4. The van der Waals surface area contributed by atoms with Crippen molar-refractivity contribution in [2.24, 2.45) is 0 Å². The monoisotopic (exact) mass is 256 g/mol. The van der Waals surface area contributed by atoms with Gasteiger partial charge in [-0.3, -0.25) is 10.0 Å². The number of nitrogens with zero attached hydrogens (tertiary/aromatic N) is 1. The van der Waals surface area contributed by atoms with E-state index in [0.29, 0.717) is 37.1 Å². The summed E-state index contributed by atoms with van der Waals surface area (Å²) >= 11 is 0. The van der Waals surface area contributed by atoms with Crippen molar-refractivity contribution in [3.63, 3.8) is 0 Å². The van der Waals surface area contributed by atoms with Gasteiger partial charge in [-0.2, -0.15) is 0 Å². The summed E-state index contributed by atoms with van der Waals surface area (Å²) in [5.74, 6) is -2.55. The minimum Gasteiger partial charge on any atom is -0.317 e. The third-order valence-corrected chi connectivity index (χ3v) is 3.02. The van der Waals surface area contributed by atoms with E-state index in [0.717, 1.165) is 12.1 Å². The fraction of sp³-hybridized carbons (Fsp3) is 0.417. The molecule has 1 amide bonds. The van der Waals surface area contributed by atoms with E-state index in [-0.39, 0.29) is 11.6 Å². The molecule has 1 aromatic carbocycles. The lowest BCUT2D eigenvalue weighted by atomic mass is 10.1. The molecule has 6 heteroatoms. The van der Waals surface area contributed by atoms with E-state index >= 15 is 0 Å². The van der Waals surface area contributed by atoms with Gasteiger partial charge in [-0.05, 0) is 38.1 Å². The Morgan fingerprint density at radius 2 is 2.00 bits per heavy atom. The average Bonchev–Trinajstić information content (AvgIpc) is 2.38. The van der Waals surface area contributed by atoms with Crippen LogP contribution in [0.3, 0.4) is 0 Å². The third kappa shape index (κ3) is 2.65. The number of nitrogens with one attached hydrogen (secondary N) is 1. The van der Waals surface area contributed by atoms with Crippen molar-refractivity contribution in [2.45, 2.75) is 18.9 Å². The number of hydroxylamine groups is 2. The first kappa shape index (κ1) is 12.9. The van der Waals surface area contributed by atoms with Crippen LogP contribution in [0, 0.1) is 11.6 Å². The number of hydrogen-bond donors (Lipinski definition) is 2. The van der Waals surface area contributed by atoms with Gasteiger partial charge in [-0.25, -0.2) is 13.8 Å². The molecule has 0 saturated carbocycles. The van der Waals surface area contributed by atoms with Crippen molar-refractivity contribution >= 4 is 5.91 Å². The predicted molar refractivity (Wildman–Crippen MR) is 60.2 cm³/mol. The van der Waals surface area contributed by atoms with Crippen LogP contribution in [0.5, 0.6) is 0 Å². The molecular formula is C12H14F2N2O2. The summed E-state index contributed by atoms with van der Waals surface area (Å²) in [5.41, 5.74) is -0.322. The highest BCUT2D eigenvalue weighted by atomic mass is 19.1. The summed E-state index contributed by atoms with van der Waals surface area (Å²) in [7, 11) is 0. The molecule has 1 heterocycles. The second kappa shape index (κ2) is 5.41. The maximum atomic E-state index is 13.4. The highest BCUT2D eigenvalue weighted by Crippen LogP contribution is 2.16. The number of rotatable bonds is 2. The lowest BCUT2D eigenvalue weighted by Crippen LogP contribution is -2.44. The first-order chi connectivity index (χ1) is 8.59. The first-order valence-corrected chi connectivity index (χ1v) is 5.78. The molecule has 98 valence electrons. The average molecular weight is 256 g/mol. The van der Waals surface area contributed by atoms with Gasteiger partial charge >= 0.3 is 0 Å². The molecule has 1 saturated heterocycles. The summed E-state index contributed by atoms with van der Waals surface area (Å²) in [4.78, 5) is 11.9. The molecule has 1 aliphatic heterocycles. The van der Waals surface area contributed by atoms with Gasteiger partial charge < -0.3 is 5.32 Å². The Balaban J connectivity index is 2.14. The normalized spacial score (nSPS) is 16.6. The van der Waals surface area contributed by atoms with Crippen LogP contribution in [0.2, 0.25) is 0 Å². The van der Waals surface area contributed by atoms with Crippen LogP contribution < -0.4 is 5.32 Å². The summed E-state index contributed by atoms with van der Waals surface area (Å²) in [5, 5.41) is 13.4. The van der Waals surface area contributed by atoms with Gasteiger partial charge in [0.2, 0.25) is 0 Å². The van der Waals surface area contributed by atoms with Crippen molar-refractivity contribution in [2.75, 3.05) is 13.1 Å². The number of benzene rings is 1. The molecule has 0 spiro atoms. The van der Waals surface area contributed by atoms with Gasteiger partial charge in [-0.15, -0.1) is 0 Å². The van der Waals surface area contributed by atoms with Crippen LogP contribution in [0.1, 0.15) is 23.2 Å². The molecule has 0 aromatic heterocycles. The lowest BCUT2D eigenvalue weighted by Gasteiger charge is -2.29. The summed E-state index contributed by atoms with van der Waals surface area (Å²) in [6.45, 7) is 1.39. The van der Waals surface area contributed by atoms with Gasteiger partial charge in [0.1, 0.15) is 11.6 Å². The molecule has 18 heavy (non-hydrogen) atoms. The number of hydrogen-bond acceptors (Lipinski definition) is 3. The Morgan fingerprint density at radius 1 is 1.33 bits per heavy atom. The quantitative estimate of drug-likeness (QED) is 0.623. The number of carbonyl (C=O) groups is 1. The van der Waals surface area contributed by atoms with Gasteiger partial charge in [0, 0.05) is 6.07 Å². The van der Waals surface area contributed by atoms with Crippen LogP contribution in [-0.4, -0.2) is 35.3 Å². The largest absolute Gasteiger partial charge is 0.317 e. The number of carbonyl (C=O) groups excluding carboxylic acids is 1. The van der Waals surface area contributed by atoms with Crippen LogP contribution in [0.25, 0.3) is 0 Å². The molecule has 2 N–H and O–H groups in total. The Labute approximate surface area is 103 Å².